The number of halogens is 1. The highest BCUT2D eigenvalue weighted by molar-refractivity contribution is 5.57. The van der Waals surface area contributed by atoms with Crippen molar-refractivity contribution in [2.45, 2.75) is 70.4 Å². The zero-order valence-corrected chi connectivity index (χ0v) is 18.0. The van der Waals surface area contributed by atoms with E-state index in [2.05, 4.69) is 24.2 Å². The summed E-state index contributed by atoms with van der Waals surface area (Å²) < 4.78 is 28.1. The van der Waals surface area contributed by atoms with Crippen LogP contribution in [0, 0.1) is 29.5 Å². The summed E-state index contributed by atoms with van der Waals surface area (Å²) in [7, 11) is 0. The quantitative estimate of drug-likeness (QED) is 0.657. The summed E-state index contributed by atoms with van der Waals surface area (Å²) in [6, 6.07) is 6.26. The Bertz CT molecular complexity index is 983. The first-order valence-electron chi connectivity index (χ1n) is 11.3. The van der Waals surface area contributed by atoms with Crippen LogP contribution < -0.4 is 0 Å². The minimum atomic E-state index is -0.801. The van der Waals surface area contributed by atoms with E-state index in [9.17, 15) is 4.39 Å². The molecule has 8 heteroatoms. The average Bonchev–Trinajstić information content (AvgIpc) is 3.13. The van der Waals surface area contributed by atoms with E-state index in [0.29, 0.717) is 17.5 Å². The van der Waals surface area contributed by atoms with Crippen LogP contribution in [-0.4, -0.2) is 32.7 Å². The van der Waals surface area contributed by atoms with E-state index in [-0.39, 0.29) is 23.9 Å². The van der Waals surface area contributed by atoms with Crippen LogP contribution in [0.5, 0.6) is 0 Å². The highest BCUT2D eigenvalue weighted by atomic mass is 19.1. The first kappa shape index (κ1) is 19.8. The SMILES string of the molecule is C[C@@H]1CC[C@H]2[C@@H](C)C(n3cc(-c4ccc(F)cc4)nn3)O[C@@H]3O[C@@]4(C)CC[C@@H]1[C@]32OO4. The number of hydrogen-bond acceptors (Lipinski definition) is 6. The van der Waals surface area contributed by atoms with Crippen molar-refractivity contribution < 1.29 is 23.6 Å². The van der Waals surface area contributed by atoms with Crippen molar-refractivity contribution in [3.8, 4) is 11.3 Å². The lowest BCUT2D eigenvalue weighted by Gasteiger charge is -2.60. The van der Waals surface area contributed by atoms with Crippen LogP contribution in [0.25, 0.3) is 11.3 Å². The molecule has 166 valence electrons. The average molecular weight is 429 g/mol. The van der Waals surface area contributed by atoms with E-state index < -0.39 is 17.7 Å². The van der Waals surface area contributed by atoms with Crippen LogP contribution in [-0.2, 0) is 19.2 Å². The number of hydrogen-bond donors (Lipinski definition) is 0. The Morgan fingerprint density at radius 3 is 2.68 bits per heavy atom. The molecule has 5 heterocycles. The van der Waals surface area contributed by atoms with Gasteiger partial charge in [-0.25, -0.2) is 18.8 Å². The molecule has 5 aliphatic rings. The van der Waals surface area contributed by atoms with E-state index in [1.54, 1.807) is 16.8 Å². The lowest BCUT2D eigenvalue weighted by atomic mass is 9.58. The third kappa shape index (κ3) is 2.85. The van der Waals surface area contributed by atoms with Gasteiger partial charge in [0.2, 0.25) is 5.79 Å². The number of fused-ring (bicyclic) bond motifs is 2. The molecule has 4 saturated heterocycles. The van der Waals surface area contributed by atoms with Crippen LogP contribution in [0.3, 0.4) is 0 Å². The molecule has 4 aliphatic heterocycles. The van der Waals surface area contributed by atoms with E-state index in [1.807, 2.05) is 13.1 Å². The summed E-state index contributed by atoms with van der Waals surface area (Å²) in [5, 5.41) is 8.68. The minimum absolute atomic E-state index is 0.128. The molecular weight excluding hydrogens is 401 g/mol. The maximum absolute atomic E-state index is 13.3. The third-order valence-corrected chi connectivity index (χ3v) is 8.03. The zero-order valence-electron chi connectivity index (χ0n) is 18.0. The summed E-state index contributed by atoms with van der Waals surface area (Å²) in [4.78, 5) is 12.1. The molecule has 7 rings (SSSR count). The van der Waals surface area contributed by atoms with Crippen molar-refractivity contribution in [3.63, 3.8) is 0 Å². The summed E-state index contributed by atoms with van der Waals surface area (Å²) in [5.41, 5.74) is 0.901. The van der Waals surface area contributed by atoms with Gasteiger partial charge >= 0.3 is 0 Å². The van der Waals surface area contributed by atoms with Crippen molar-refractivity contribution in [1.82, 2.24) is 15.0 Å². The molecule has 8 atom stereocenters. The molecule has 1 unspecified atom stereocenters. The first-order valence-corrected chi connectivity index (χ1v) is 11.3. The Morgan fingerprint density at radius 2 is 1.87 bits per heavy atom. The predicted octanol–water partition coefficient (Wildman–Crippen LogP) is 4.46. The molecule has 2 aromatic rings. The molecule has 5 fully saturated rings. The van der Waals surface area contributed by atoms with Crippen molar-refractivity contribution in [3.05, 3.63) is 36.3 Å². The lowest BCUT2D eigenvalue weighted by molar-refractivity contribution is -0.574. The van der Waals surface area contributed by atoms with E-state index in [1.165, 1.54) is 12.1 Å². The molecule has 1 spiro atoms. The molecule has 7 nitrogen and oxygen atoms in total. The van der Waals surface area contributed by atoms with Crippen LogP contribution in [0.1, 0.15) is 52.7 Å². The normalized spacial score (nSPS) is 44.0. The van der Waals surface area contributed by atoms with Gasteiger partial charge in [0.05, 0.1) is 6.20 Å². The van der Waals surface area contributed by atoms with Gasteiger partial charge in [-0.3, -0.25) is 0 Å². The Kier molecular flexibility index (Phi) is 4.35. The minimum Gasteiger partial charge on any atom is -0.324 e. The fraction of sp³-hybridized carbons (Fsp3) is 0.652. The Labute approximate surface area is 180 Å². The molecule has 0 N–H and O–H groups in total. The Hall–Kier alpha value is -1.87. The second kappa shape index (κ2) is 6.81. The van der Waals surface area contributed by atoms with Crippen LogP contribution in [0.4, 0.5) is 4.39 Å². The standard InChI is InChI=1S/C23H28FN3O4/c1-13-4-9-18-14(2)20(27-12-19(25-26-27)15-5-7-16(24)8-6-15)28-21-23(18)17(13)10-11-22(3,29-21)30-31-23/h5-8,12-14,17-18,20-21H,4,9-11H2,1-3H3/t13-,14-,17+,18+,20?,21-,22-,23-/m1/s1. The summed E-state index contributed by atoms with van der Waals surface area (Å²) in [5.74, 6) is 0.125. The van der Waals surface area contributed by atoms with Gasteiger partial charge in [-0.15, -0.1) is 5.10 Å². The smallest absolute Gasteiger partial charge is 0.201 e. The highest BCUT2D eigenvalue weighted by Gasteiger charge is 2.69. The fourth-order valence-electron chi connectivity index (χ4n) is 6.34. The third-order valence-electron chi connectivity index (χ3n) is 8.03. The molecule has 31 heavy (non-hydrogen) atoms. The number of aromatic nitrogens is 3. The number of ether oxygens (including phenoxy) is 2. The van der Waals surface area contributed by atoms with Gasteiger partial charge in [0.15, 0.2) is 18.1 Å². The number of rotatable bonds is 2. The van der Waals surface area contributed by atoms with Crippen LogP contribution in [0.2, 0.25) is 0 Å². The first-order chi connectivity index (χ1) is 14.9. The summed E-state index contributed by atoms with van der Waals surface area (Å²) in [6.45, 7) is 6.42. The lowest BCUT2D eigenvalue weighted by Crippen LogP contribution is -2.69. The number of nitrogens with zero attached hydrogens (tertiary/aromatic N) is 3. The zero-order chi connectivity index (χ0) is 21.4. The second-order valence-electron chi connectivity index (χ2n) is 9.89. The van der Waals surface area contributed by atoms with Gasteiger partial charge in [0, 0.05) is 23.8 Å². The topological polar surface area (TPSA) is 67.6 Å². The summed E-state index contributed by atoms with van der Waals surface area (Å²) >= 11 is 0. The second-order valence-corrected chi connectivity index (χ2v) is 9.89. The number of benzene rings is 1. The van der Waals surface area contributed by atoms with Crippen molar-refractivity contribution in [2.24, 2.45) is 23.7 Å². The van der Waals surface area contributed by atoms with Gasteiger partial charge in [-0.1, -0.05) is 19.1 Å². The van der Waals surface area contributed by atoms with E-state index >= 15 is 0 Å². The van der Waals surface area contributed by atoms with Gasteiger partial charge < -0.3 is 9.47 Å². The van der Waals surface area contributed by atoms with Crippen molar-refractivity contribution >= 4 is 0 Å². The van der Waals surface area contributed by atoms with E-state index in [4.69, 9.17) is 19.2 Å². The molecule has 0 radical (unpaired) electrons. The van der Waals surface area contributed by atoms with Crippen LogP contribution in [0.15, 0.2) is 30.5 Å². The van der Waals surface area contributed by atoms with Crippen LogP contribution >= 0.6 is 0 Å². The molecule has 1 aromatic carbocycles. The maximum atomic E-state index is 13.3. The van der Waals surface area contributed by atoms with Gasteiger partial charge in [-0.05, 0) is 62.3 Å². The van der Waals surface area contributed by atoms with E-state index in [0.717, 1.165) is 31.2 Å². The molecular formula is C23H28FN3O4. The monoisotopic (exact) mass is 429 g/mol. The Balaban J connectivity index is 1.36. The highest BCUT2D eigenvalue weighted by Crippen LogP contribution is 2.61. The molecule has 0 amide bonds. The predicted molar refractivity (Wildman–Crippen MR) is 107 cm³/mol. The van der Waals surface area contributed by atoms with Crippen molar-refractivity contribution in [1.29, 1.82) is 0 Å². The largest absolute Gasteiger partial charge is 0.324 e. The van der Waals surface area contributed by atoms with Gasteiger partial charge in [-0.2, -0.15) is 0 Å². The van der Waals surface area contributed by atoms with Gasteiger partial charge in [0.25, 0.3) is 0 Å². The molecule has 1 aliphatic carbocycles. The molecule has 1 saturated carbocycles. The molecule has 2 bridgehead atoms. The molecule has 1 aromatic heterocycles. The maximum Gasteiger partial charge on any atom is 0.201 e. The fourth-order valence-corrected chi connectivity index (χ4v) is 6.34. The van der Waals surface area contributed by atoms with Gasteiger partial charge in [0.1, 0.15) is 11.5 Å². The Morgan fingerprint density at radius 1 is 1.06 bits per heavy atom. The summed E-state index contributed by atoms with van der Waals surface area (Å²) in [6.07, 6.45) is 4.98. The van der Waals surface area contributed by atoms with Crippen molar-refractivity contribution in [2.75, 3.05) is 0 Å².